The molecule has 0 bridgehead atoms. The van der Waals surface area contributed by atoms with Gasteiger partial charge in [-0.1, -0.05) is 30.4 Å². The zero-order valence-electron chi connectivity index (χ0n) is 9.39. The third-order valence-corrected chi connectivity index (χ3v) is 2.34. The van der Waals surface area contributed by atoms with Crippen molar-refractivity contribution in [1.29, 1.82) is 0 Å². The molecule has 16 heavy (non-hydrogen) atoms. The molecule has 2 aromatic rings. The minimum Gasteiger partial charge on any atom is -0.378 e. The van der Waals surface area contributed by atoms with E-state index in [2.05, 4.69) is 17.1 Å². The highest BCUT2D eigenvalue weighted by Crippen LogP contribution is 2.13. The summed E-state index contributed by atoms with van der Waals surface area (Å²) in [5, 5.41) is 1.17. The molecule has 0 spiro atoms. The fourth-order valence-electron chi connectivity index (χ4n) is 1.55. The van der Waals surface area contributed by atoms with Crippen LogP contribution >= 0.6 is 0 Å². The summed E-state index contributed by atoms with van der Waals surface area (Å²) in [5.74, 6) is 0. The van der Waals surface area contributed by atoms with E-state index in [1.807, 2.05) is 43.5 Å². The van der Waals surface area contributed by atoms with Crippen LogP contribution < -0.4 is 0 Å². The van der Waals surface area contributed by atoms with E-state index in [4.69, 9.17) is 4.74 Å². The van der Waals surface area contributed by atoms with E-state index < -0.39 is 0 Å². The topological polar surface area (TPSA) is 22.1 Å². The number of aromatic nitrogens is 1. The maximum atomic E-state index is 5.24. The lowest BCUT2D eigenvalue weighted by atomic mass is 10.1. The summed E-state index contributed by atoms with van der Waals surface area (Å²) in [6.07, 6.45) is 5.93. The van der Waals surface area contributed by atoms with Crippen molar-refractivity contribution < 1.29 is 4.74 Å². The van der Waals surface area contributed by atoms with Crippen molar-refractivity contribution in [1.82, 2.24) is 4.98 Å². The van der Waals surface area contributed by atoms with Gasteiger partial charge in [-0.15, -0.1) is 0 Å². The molecule has 0 saturated heterocycles. The summed E-state index contributed by atoms with van der Waals surface area (Å²) in [4.78, 5) is 4.39. The second kappa shape index (κ2) is 5.42. The molecule has 0 N–H and O–H groups in total. The first-order chi connectivity index (χ1) is 7.90. The van der Waals surface area contributed by atoms with Crippen LogP contribution in [0.5, 0.6) is 0 Å². The molecule has 1 aromatic carbocycles. The molecule has 0 amide bonds. The third kappa shape index (κ3) is 2.67. The second-order valence-corrected chi connectivity index (χ2v) is 3.52. The second-order valence-electron chi connectivity index (χ2n) is 3.52. The Balaban J connectivity index is 2.16. The number of para-hydroxylation sites is 1. The molecule has 0 unspecified atom stereocenters. The molecule has 2 nitrogen and oxygen atoms in total. The van der Waals surface area contributed by atoms with E-state index in [1.54, 1.807) is 0 Å². The van der Waals surface area contributed by atoms with Gasteiger partial charge in [0.1, 0.15) is 0 Å². The number of hydrogen-bond acceptors (Lipinski definition) is 2. The number of fused-ring (bicyclic) bond motifs is 1. The number of rotatable bonds is 4. The standard InChI is InChI=1S/C14H15NO/c1-2-16-9-5-6-12-10-13-7-3-4-8-14(13)15-11-12/h3-8,10-11H,2,9H2,1H3/b6-5+. The van der Waals surface area contributed by atoms with Gasteiger partial charge in [0.2, 0.25) is 0 Å². The van der Waals surface area contributed by atoms with Crippen LogP contribution in [0.3, 0.4) is 0 Å². The Morgan fingerprint density at radius 3 is 3.06 bits per heavy atom. The molecule has 0 saturated carbocycles. The Bertz CT molecular complexity index is 491. The molecule has 0 fully saturated rings. The van der Waals surface area contributed by atoms with Crippen molar-refractivity contribution in [2.45, 2.75) is 6.92 Å². The van der Waals surface area contributed by atoms with Gasteiger partial charge in [0.15, 0.2) is 0 Å². The maximum Gasteiger partial charge on any atom is 0.0702 e. The van der Waals surface area contributed by atoms with Gasteiger partial charge in [-0.3, -0.25) is 4.98 Å². The first-order valence-corrected chi connectivity index (χ1v) is 5.49. The molecule has 0 radical (unpaired) electrons. The van der Waals surface area contributed by atoms with Crippen LogP contribution in [0, 0.1) is 0 Å². The summed E-state index contributed by atoms with van der Waals surface area (Å²) in [6.45, 7) is 3.40. The molecule has 2 heteroatoms. The molecule has 1 heterocycles. The number of pyridine rings is 1. The average molecular weight is 213 g/mol. The number of nitrogens with zero attached hydrogens (tertiary/aromatic N) is 1. The highest BCUT2D eigenvalue weighted by Gasteiger charge is 1.93. The van der Waals surface area contributed by atoms with E-state index >= 15 is 0 Å². The number of ether oxygens (including phenoxy) is 1. The van der Waals surface area contributed by atoms with Gasteiger partial charge < -0.3 is 4.74 Å². The Labute approximate surface area is 95.6 Å². The van der Waals surface area contributed by atoms with E-state index in [-0.39, 0.29) is 0 Å². The van der Waals surface area contributed by atoms with Gasteiger partial charge in [-0.05, 0) is 24.6 Å². The molecule has 0 aliphatic carbocycles. The van der Waals surface area contributed by atoms with Crippen LogP contribution in [-0.2, 0) is 4.74 Å². The third-order valence-electron chi connectivity index (χ3n) is 2.34. The molecular weight excluding hydrogens is 198 g/mol. The SMILES string of the molecule is CCOC/C=C/c1cnc2ccccc2c1. The van der Waals surface area contributed by atoms with Gasteiger partial charge in [-0.2, -0.15) is 0 Å². The summed E-state index contributed by atoms with van der Waals surface area (Å²) in [5.41, 5.74) is 2.14. The molecule has 82 valence electrons. The first kappa shape index (κ1) is 10.8. The predicted octanol–water partition coefficient (Wildman–Crippen LogP) is 3.28. The Morgan fingerprint density at radius 2 is 2.19 bits per heavy atom. The smallest absolute Gasteiger partial charge is 0.0702 e. The van der Waals surface area contributed by atoms with Crippen LogP contribution in [0.25, 0.3) is 17.0 Å². The van der Waals surface area contributed by atoms with Gasteiger partial charge in [0.25, 0.3) is 0 Å². The van der Waals surface area contributed by atoms with E-state index in [0.29, 0.717) is 6.61 Å². The van der Waals surface area contributed by atoms with Gasteiger partial charge in [-0.25, -0.2) is 0 Å². The molecule has 1 aromatic heterocycles. The zero-order valence-corrected chi connectivity index (χ0v) is 9.39. The summed E-state index contributed by atoms with van der Waals surface area (Å²) >= 11 is 0. The van der Waals surface area contributed by atoms with E-state index in [9.17, 15) is 0 Å². The lowest BCUT2D eigenvalue weighted by molar-refractivity contribution is 0.178. The summed E-state index contributed by atoms with van der Waals surface area (Å²) in [7, 11) is 0. The Hall–Kier alpha value is -1.67. The monoisotopic (exact) mass is 213 g/mol. The summed E-state index contributed by atoms with van der Waals surface area (Å²) < 4.78 is 5.24. The maximum absolute atomic E-state index is 5.24. The molecule has 0 atom stereocenters. The van der Waals surface area contributed by atoms with Gasteiger partial charge in [0, 0.05) is 18.2 Å². The van der Waals surface area contributed by atoms with Crippen molar-refractivity contribution in [3.8, 4) is 0 Å². The highest BCUT2D eigenvalue weighted by atomic mass is 16.5. The minimum atomic E-state index is 0.656. The van der Waals surface area contributed by atoms with E-state index in [0.717, 1.165) is 17.7 Å². The molecule has 0 aliphatic rings. The van der Waals surface area contributed by atoms with Gasteiger partial charge >= 0.3 is 0 Å². The molecule has 2 rings (SSSR count). The Morgan fingerprint density at radius 1 is 1.31 bits per heavy atom. The normalized spacial score (nSPS) is 11.3. The van der Waals surface area contributed by atoms with Crippen LogP contribution in [-0.4, -0.2) is 18.2 Å². The van der Waals surface area contributed by atoms with Crippen molar-refractivity contribution >= 4 is 17.0 Å². The minimum absolute atomic E-state index is 0.656. The van der Waals surface area contributed by atoms with Crippen molar-refractivity contribution in [3.05, 3.63) is 48.2 Å². The fourth-order valence-corrected chi connectivity index (χ4v) is 1.55. The largest absolute Gasteiger partial charge is 0.378 e. The van der Waals surface area contributed by atoms with Crippen LogP contribution in [0.2, 0.25) is 0 Å². The van der Waals surface area contributed by atoms with Gasteiger partial charge in [0.05, 0.1) is 12.1 Å². The lowest BCUT2D eigenvalue weighted by Crippen LogP contribution is -1.88. The van der Waals surface area contributed by atoms with E-state index in [1.165, 1.54) is 5.39 Å². The molecular formula is C14H15NO. The van der Waals surface area contributed by atoms with Crippen molar-refractivity contribution in [3.63, 3.8) is 0 Å². The predicted molar refractivity (Wildman–Crippen MR) is 67.3 cm³/mol. The van der Waals surface area contributed by atoms with Crippen LogP contribution in [0.1, 0.15) is 12.5 Å². The fraction of sp³-hybridized carbons (Fsp3) is 0.214. The average Bonchev–Trinajstić information content (AvgIpc) is 2.34. The van der Waals surface area contributed by atoms with Crippen molar-refractivity contribution in [2.24, 2.45) is 0 Å². The van der Waals surface area contributed by atoms with Crippen LogP contribution in [0.15, 0.2) is 42.6 Å². The highest BCUT2D eigenvalue weighted by molar-refractivity contribution is 5.80. The molecule has 0 aliphatic heterocycles. The Kier molecular flexibility index (Phi) is 3.67. The quantitative estimate of drug-likeness (QED) is 0.727. The first-order valence-electron chi connectivity index (χ1n) is 5.49. The lowest BCUT2D eigenvalue weighted by Gasteiger charge is -1.98. The summed E-state index contributed by atoms with van der Waals surface area (Å²) in [6, 6.07) is 10.2. The van der Waals surface area contributed by atoms with Crippen LogP contribution in [0.4, 0.5) is 0 Å². The van der Waals surface area contributed by atoms with Crippen molar-refractivity contribution in [2.75, 3.05) is 13.2 Å². The number of benzene rings is 1. The zero-order chi connectivity index (χ0) is 11.2. The number of hydrogen-bond donors (Lipinski definition) is 0.